The van der Waals surface area contributed by atoms with Gasteiger partial charge in [0.05, 0.1) is 12.2 Å². The first kappa shape index (κ1) is 17.7. The molecule has 2 aromatic carbocycles. The van der Waals surface area contributed by atoms with Crippen molar-refractivity contribution < 1.29 is 13.6 Å². The first-order valence-electron chi connectivity index (χ1n) is 8.31. The van der Waals surface area contributed by atoms with Gasteiger partial charge in [0.15, 0.2) is 11.6 Å². The van der Waals surface area contributed by atoms with Crippen molar-refractivity contribution in [3.05, 3.63) is 101 Å². The van der Waals surface area contributed by atoms with Gasteiger partial charge in [-0.15, -0.1) is 0 Å². The van der Waals surface area contributed by atoms with Crippen LogP contribution in [-0.2, 0) is 13.0 Å². The fraction of sp³-hybridized carbons (Fsp3) is 0.143. The predicted octanol–water partition coefficient (Wildman–Crippen LogP) is 4.24. The summed E-state index contributed by atoms with van der Waals surface area (Å²) in [5, 5.41) is 0. The second-order valence-corrected chi connectivity index (χ2v) is 5.91. The van der Waals surface area contributed by atoms with E-state index in [-0.39, 0.29) is 11.5 Å². The fourth-order valence-electron chi connectivity index (χ4n) is 2.66. The van der Waals surface area contributed by atoms with Crippen molar-refractivity contribution in [1.29, 1.82) is 0 Å². The molecule has 0 N–H and O–H groups in total. The van der Waals surface area contributed by atoms with Crippen LogP contribution in [0.1, 0.15) is 21.6 Å². The van der Waals surface area contributed by atoms with Gasteiger partial charge in [0, 0.05) is 18.3 Å². The maximum Gasteiger partial charge on any atom is 0.254 e. The summed E-state index contributed by atoms with van der Waals surface area (Å²) in [5.74, 6) is -2.36. The lowest BCUT2D eigenvalue weighted by Gasteiger charge is -2.23. The van der Waals surface area contributed by atoms with Crippen molar-refractivity contribution in [3.8, 4) is 0 Å². The monoisotopic (exact) mass is 352 g/mol. The maximum absolute atomic E-state index is 13.5. The predicted molar refractivity (Wildman–Crippen MR) is 95.5 cm³/mol. The van der Waals surface area contributed by atoms with E-state index in [2.05, 4.69) is 4.98 Å². The number of amides is 1. The number of carbonyl (C=O) groups excluding carboxylic acids is 1. The van der Waals surface area contributed by atoms with Crippen molar-refractivity contribution in [3.63, 3.8) is 0 Å². The number of benzene rings is 2. The van der Waals surface area contributed by atoms with E-state index in [1.54, 1.807) is 17.2 Å². The highest BCUT2D eigenvalue weighted by atomic mass is 19.2. The molecule has 3 rings (SSSR count). The third-order valence-corrected chi connectivity index (χ3v) is 4.05. The Hall–Kier alpha value is -3.08. The van der Waals surface area contributed by atoms with E-state index in [1.165, 1.54) is 6.07 Å². The van der Waals surface area contributed by atoms with Crippen molar-refractivity contribution in [2.24, 2.45) is 0 Å². The van der Waals surface area contributed by atoms with Crippen LogP contribution in [0.15, 0.2) is 72.9 Å². The highest BCUT2D eigenvalue weighted by Gasteiger charge is 2.18. The molecule has 132 valence electrons. The van der Waals surface area contributed by atoms with Gasteiger partial charge in [-0.25, -0.2) is 8.78 Å². The minimum atomic E-state index is -1.03. The number of halogens is 2. The standard InChI is InChI=1S/C21H18F2N2O/c22-19-10-9-17(14-20(19)23)21(26)25(15-18-8-4-5-12-24-18)13-11-16-6-2-1-3-7-16/h1-10,12,14H,11,13,15H2. The summed E-state index contributed by atoms with van der Waals surface area (Å²) in [5.41, 5.74) is 1.95. The average Bonchev–Trinajstić information content (AvgIpc) is 2.68. The van der Waals surface area contributed by atoms with Crippen LogP contribution in [-0.4, -0.2) is 22.3 Å². The molecule has 0 unspecified atom stereocenters. The number of pyridine rings is 1. The fourth-order valence-corrected chi connectivity index (χ4v) is 2.66. The smallest absolute Gasteiger partial charge is 0.254 e. The van der Waals surface area contributed by atoms with E-state index in [9.17, 15) is 13.6 Å². The Balaban J connectivity index is 1.81. The van der Waals surface area contributed by atoms with Crippen molar-refractivity contribution >= 4 is 5.91 Å². The molecular formula is C21H18F2N2O. The summed E-state index contributed by atoms with van der Waals surface area (Å²) >= 11 is 0. The van der Waals surface area contributed by atoms with Crippen LogP contribution >= 0.6 is 0 Å². The van der Waals surface area contributed by atoms with Crippen LogP contribution < -0.4 is 0 Å². The van der Waals surface area contributed by atoms with Crippen LogP contribution in [0.3, 0.4) is 0 Å². The van der Waals surface area contributed by atoms with Crippen molar-refractivity contribution in [2.75, 3.05) is 6.54 Å². The maximum atomic E-state index is 13.5. The largest absolute Gasteiger partial charge is 0.332 e. The molecule has 1 heterocycles. The van der Waals surface area contributed by atoms with E-state index < -0.39 is 11.6 Å². The molecule has 3 aromatic rings. The highest BCUT2D eigenvalue weighted by molar-refractivity contribution is 5.94. The first-order chi connectivity index (χ1) is 12.6. The summed E-state index contributed by atoms with van der Waals surface area (Å²) < 4.78 is 26.7. The van der Waals surface area contributed by atoms with Crippen LogP contribution in [0.25, 0.3) is 0 Å². The number of rotatable bonds is 6. The molecule has 1 aromatic heterocycles. The van der Waals surface area contributed by atoms with Gasteiger partial charge in [0.1, 0.15) is 0 Å². The molecule has 1 amide bonds. The van der Waals surface area contributed by atoms with Crippen LogP contribution in [0, 0.1) is 11.6 Å². The number of hydrogen-bond acceptors (Lipinski definition) is 2. The molecule has 0 aliphatic heterocycles. The minimum absolute atomic E-state index is 0.118. The molecule has 0 saturated heterocycles. The third-order valence-electron chi connectivity index (χ3n) is 4.05. The Kier molecular flexibility index (Phi) is 5.69. The highest BCUT2D eigenvalue weighted by Crippen LogP contribution is 2.14. The molecule has 5 heteroatoms. The SMILES string of the molecule is O=C(c1ccc(F)c(F)c1)N(CCc1ccccc1)Cc1ccccn1. The average molecular weight is 352 g/mol. The van der Waals surface area contributed by atoms with E-state index >= 15 is 0 Å². The zero-order chi connectivity index (χ0) is 18.4. The van der Waals surface area contributed by atoms with Crippen LogP contribution in [0.2, 0.25) is 0 Å². The quantitative estimate of drug-likeness (QED) is 0.665. The van der Waals surface area contributed by atoms with E-state index in [0.29, 0.717) is 19.5 Å². The van der Waals surface area contributed by atoms with Crippen molar-refractivity contribution in [2.45, 2.75) is 13.0 Å². The molecule has 3 nitrogen and oxygen atoms in total. The van der Waals surface area contributed by atoms with Gasteiger partial charge in [-0.1, -0.05) is 36.4 Å². The molecular weight excluding hydrogens is 334 g/mol. The first-order valence-corrected chi connectivity index (χ1v) is 8.31. The minimum Gasteiger partial charge on any atom is -0.332 e. The topological polar surface area (TPSA) is 33.2 Å². The lowest BCUT2D eigenvalue weighted by atomic mass is 10.1. The number of carbonyl (C=O) groups is 1. The molecule has 0 saturated carbocycles. The number of aromatic nitrogens is 1. The second-order valence-electron chi connectivity index (χ2n) is 5.91. The zero-order valence-corrected chi connectivity index (χ0v) is 14.1. The van der Waals surface area contributed by atoms with Crippen LogP contribution in [0.5, 0.6) is 0 Å². The van der Waals surface area contributed by atoms with E-state index in [4.69, 9.17) is 0 Å². The zero-order valence-electron chi connectivity index (χ0n) is 14.1. The van der Waals surface area contributed by atoms with Gasteiger partial charge in [0.2, 0.25) is 0 Å². The Morgan fingerprint density at radius 2 is 1.69 bits per heavy atom. The molecule has 0 radical (unpaired) electrons. The molecule has 0 aliphatic carbocycles. The van der Waals surface area contributed by atoms with Crippen molar-refractivity contribution in [1.82, 2.24) is 9.88 Å². The van der Waals surface area contributed by atoms with Gasteiger partial charge in [-0.2, -0.15) is 0 Å². The van der Waals surface area contributed by atoms with Gasteiger partial charge in [0.25, 0.3) is 5.91 Å². The molecule has 0 fully saturated rings. The summed E-state index contributed by atoms with van der Waals surface area (Å²) in [6, 6.07) is 18.5. The molecule has 0 atom stereocenters. The van der Waals surface area contributed by atoms with E-state index in [0.717, 1.165) is 23.4 Å². The molecule has 26 heavy (non-hydrogen) atoms. The molecule has 0 spiro atoms. The Bertz CT molecular complexity index is 870. The summed E-state index contributed by atoms with van der Waals surface area (Å²) in [6.07, 6.45) is 2.32. The second kappa shape index (κ2) is 8.34. The van der Waals surface area contributed by atoms with Gasteiger partial charge >= 0.3 is 0 Å². The summed E-state index contributed by atoms with van der Waals surface area (Å²) in [6.45, 7) is 0.740. The molecule has 0 aliphatic rings. The third kappa shape index (κ3) is 4.51. The Labute approximate surface area is 150 Å². The lowest BCUT2D eigenvalue weighted by Crippen LogP contribution is -2.33. The number of hydrogen-bond donors (Lipinski definition) is 0. The lowest BCUT2D eigenvalue weighted by molar-refractivity contribution is 0.0742. The van der Waals surface area contributed by atoms with Gasteiger partial charge < -0.3 is 4.90 Å². The molecule has 0 bridgehead atoms. The van der Waals surface area contributed by atoms with Crippen LogP contribution in [0.4, 0.5) is 8.78 Å². The summed E-state index contributed by atoms with van der Waals surface area (Å²) in [4.78, 5) is 18.7. The normalized spacial score (nSPS) is 10.5. The number of nitrogens with zero attached hydrogens (tertiary/aromatic N) is 2. The Morgan fingerprint density at radius 3 is 2.38 bits per heavy atom. The van der Waals surface area contributed by atoms with Gasteiger partial charge in [-0.3, -0.25) is 9.78 Å². The van der Waals surface area contributed by atoms with E-state index in [1.807, 2.05) is 42.5 Å². The van der Waals surface area contributed by atoms with Gasteiger partial charge in [-0.05, 0) is 42.3 Å². The summed E-state index contributed by atoms with van der Waals surface area (Å²) in [7, 11) is 0. The Morgan fingerprint density at radius 1 is 0.923 bits per heavy atom.